The molecule has 0 bridgehead atoms. The molecule has 0 saturated heterocycles. The fourth-order valence-electron chi connectivity index (χ4n) is 1.77. The Labute approximate surface area is 137 Å². The molecule has 1 heterocycles. The first-order valence-corrected chi connectivity index (χ1v) is 7.38. The Kier molecular flexibility index (Phi) is 5.99. The second-order valence-corrected chi connectivity index (χ2v) is 4.75. The summed E-state index contributed by atoms with van der Waals surface area (Å²) in [6.07, 6.45) is 0.834. The fourth-order valence-corrected chi connectivity index (χ4v) is 1.95. The van der Waals surface area contributed by atoms with Crippen LogP contribution in [-0.4, -0.2) is 35.6 Å². The molecule has 1 amide bonds. The quantitative estimate of drug-likeness (QED) is 0.815. The summed E-state index contributed by atoms with van der Waals surface area (Å²) in [4.78, 5) is 23.3. The van der Waals surface area contributed by atoms with Gasteiger partial charge in [0.15, 0.2) is 10.8 Å². The minimum absolute atomic E-state index is 0.0695. The van der Waals surface area contributed by atoms with Gasteiger partial charge in [0.05, 0.1) is 25.0 Å². The fraction of sp³-hybridized carbons (Fsp3) is 0.267. The van der Waals surface area contributed by atoms with Crippen LogP contribution in [0.5, 0.6) is 5.75 Å². The van der Waals surface area contributed by atoms with Gasteiger partial charge in [-0.1, -0.05) is 29.8 Å². The van der Waals surface area contributed by atoms with Crippen molar-refractivity contribution in [1.82, 2.24) is 15.1 Å². The molecule has 2 aromatic rings. The number of rotatable bonds is 6. The van der Waals surface area contributed by atoms with E-state index >= 15 is 0 Å². The van der Waals surface area contributed by atoms with Gasteiger partial charge in [-0.05, 0) is 19.1 Å². The highest BCUT2D eigenvalue weighted by Crippen LogP contribution is 2.19. The topological polar surface area (TPSA) is 82.4 Å². The van der Waals surface area contributed by atoms with Crippen LogP contribution in [0.15, 0.2) is 41.3 Å². The van der Waals surface area contributed by atoms with Gasteiger partial charge >= 0.3 is 6.09 Å². The highest BCUT2D eigenvalue weighted by Gasteiger charge is 2.11. The molecule has 0 aliphatic carbocycles. The largest absolute Gasteiger partial charge is 0.488 e. The highest BCUT2D eigenvalue weighted by atomic mass is 35.5. The average Bonchev–Trinajstić information content (AvgIpc) is 2.56. The van der Waals surface area contributed by atoms with Crippen LogP contribution >= 0.6 is 11.6 Å². The lowest BCUT2D eigenvalue weighted by molar-refractivity contribution is 0.150. The summed E-state index contributed by atoms with van der Waals surface area (Å²) >= 11 is 6.03. The van der Waals surface area contributed by atoms with E-state index in [0.29, 0.717) is 12.3 Å². The normalized spacial score (nSPS) is 10.2. The molecule has 0 aliphatic heterocycles. The molecule has 0 saturated carbocycles. The van der Waals surface area contributed by atoms with Gasteiger partial charge in [-0.15, -0.1) is 0 Å². The molecule has 0 spiro atoms. The third-order valence-corrected chi connectivity index (χ3v) is 3.14. The summed E-state index contributed by atoms with van der Waals surface area (Å²) in [5, 5.41) is 6.46. The number of ether oxygens (including phenoxy) is 2. The van der Waals surface area contributed by atoms with Crippen LogP contribution < -0.4 is 15.6 Å². The molecule has 0 unspecified atom stereocenters. The zero-order chi connectivity index (χ0) is 16.7. The Hall–Kier alpha value is -2.54. The van der Waals surface area contributed by atoms with Gasteiger partial charge in [0.1, 0.15) is 6.61 Å². The van der Waals surface area contributed by atoms with Gasteiger partial charge in [-0.3, -0.25) is 4.79 Å². The zero-order valence-electron chi connectivity index (χ0n) is 12.5. The van der Waals surface area contributed by atoms with Crippen LogP contribution in [0.3, 0.4) is 0 Å². The number of carbonyl (C=O) groups excluding carboxylic acids is 1. The maximum Gasteiger partial charge on any atom is 0.407 e. The first kappa shape index (κ1) is 16.8. The molecule has 1 N–H and O–H groups in total. The molecule has 7 nitrogen and oxygen atoms in total. The molecule has 1 aromatic heterocycles. The van der Waals surface area contributed by atoms with Crippen molar-refractivity contribution in [2.75, 3.05) is 19.8 Å². The van der Waals surface area contributed by atoms with Crippen molar-refractivity contribution in [3.8, 4) is 11.4 Å². The van der Waals surface area contributed by atoms with Crippen molar-refractivity contribution in [3.05, 3.63) is 51.9 Å². The Morgan fingerprint density at radius 3 is 2.78 bits per heavy atom. The van der Waals surface area contributed by atoms with E-state index in [1.165, 1.54) is 10.9 Å². The minimum Gasteiger partial charge on any atom is -0.488 e. The first-order valence-electron chi connectivity index (χ1n) is 7.00. The number of nitrogens with one attached hydrogen (secondary N) is 1. The van der Waals surface area contributed by atoms with Crippen LogP contribution in [0.2, 0.25) is 5.02 Å². The van der Waals surface area contributed by atoms with E-state index in [0.717, 1.165) is 0 Å². The van der Waals surface area contributed by atoms with Gasteiger partial charge in [0.2, 0.25) is 0 Å². The molecule has 0 atom stereocenters. The van der Waals surface area contributed by atoms with Gasteiger partial charge < -0.3 is 14.8 Å². The third-order valence-electron chi connectivity index (χ3n) is 2.79. The van der Waals surface area contributed by atoms with E-state index in [1.54, 1.807) is 31.2 Å². The number of benzene rings is 1. The molecule has 8 heteroatoms. The molecule has 0 fully saturated rings. The van der Waals surface area contributed by atoms with Gasteiger partial charge in [0, 0.05) is 0 Å². The van der Waals surface area contributed by atoms with Crippen molar-refractivity contribution in [2.45, 2.75) is 6.92 Å². The molecular weight excluding hydrogens is 322 g/mol. The number of amides is 1. The van der Waals surface area contributed by atoms with Gasteiger partial charge in [-0.2, -0.15) is 9.78 Å². The molecule has 122 valence electrons. The van der Waals surface area contributed by atoms with E-state index in [4.69, 9.17) is 21.1 Å². The SMILES string of the molecule is CCOC(=O)NCCOc1cnn(-c2ccccc2)c(=O)c1Cl. The summed E-state index contributed by atoms with van der Waals surface area (Å²) < 4.78 is 11.2. The van der Waals surface area contributed by atoms with E-state index in [2.05, 4.69) is 10.4 Å². The first-order chi connectivity index (χ1) is 11.1. The molecule has 23 heavy (non-hydrogen) atoms. The Morgan fingerprint density at radius 2 is 2.09 bits per heavy atom. The van der Waals surface area contributed by atoms with Gasteiger partial charge in [-0.25, -0.2) is 4.79 Å². The second kappa shape index (κ2) is 8.19. The number of alkyl carbamates (subject to hydrolysis) is 1. The van der Waals surface area contributed by atoms with E-state index < -0.39 is 11.7 Å². The zero-order valence-corrected chi connectivity index (χ0v) is 13.2. The lowest BCUT2D eigenvalue weighted by Crippen LogP contribution is -2.29. The Morgan fingerprint density at radius 1 is 1.35 bits per heavy atom. The highest BCUT2D eigenvalue weighted by molar-refractivity contribution is 6.31. The Balaban J connectivity index is 2.01. The summed E-state index contributed by atoms with van der Waals surface area (Å²) in [6, 6.07) is 8.92. The number of nitrogens with zero attached hydrogens (tertiary/aromatic N) is 2. The summed E-state index contributed by atoms with van der Waals surface area (Å²) in [7, 11) is 0. The summed E-state index contributed by atoms with van der Waals surface area (Å²) in [5.74, 6) is 0.162. The number of aromatic nitrogens is 2. The average molecular weight is 338 g/mol. The molecule has 1 aromatic carbocycles. The monoisotopic (exact) mass is 337 g/mol. The smallest absolute Gasteiger partial charge is 0.407 e. The van der Waals surface area contributed by atoms with Crippen LogP contribution in [0.25, 0.3) is 5.69 Å². The van der Waals surface area contributed by atoms with Crippen LogP contribution in [0.1, 0.15) is 6.92 Å². The van der Waals surface area contributed by atoms with Crippen molar-refractivity contribution >= 4 is 17.7 Å². The predicted octanol–water partition coefficient (Wildman–Crippen LogP) is 2.01. The van der Waals surface area contributed by atoms with E-state index in [-0.39, 0.29) is 23.9 Å². The van der Waals surface area contributed by atoms with E-state index in [1.807, 2.05) is 6.07 Å². The third kappa shape index (κ3) is 4.46. The number of carbonyl (C=O) groups is 1. The molecule has 2 rings (SSSR count). The van der Waals surface area contributed by atoms with E-state index in [9.17, 15) is 9.59 Å². The maximum atomic E-state index is 12.2. The standard InChI is InChI=1S/C15H16ClN3O4/c1-2-22-15(21)17-8-9-23-12-10-18-19(14(20)13(12)16)11-6-4-3-5-7-11/h3-7,10H,2,8-9H2,1H3,(H,17,21). The molecular formula is C15H16ClN3O4. The summed E-state index contributed by atoms with van der Waals surface area (Å²) in [6.45, 7) is 2.36. The van der Waals surface area contributed by atoms with Gasteiger partial charge in [0.25, 0.3) is 5.56 Å². The number of halogens is 1. The van der Waals surface area contributed by atoms with Crippen molar-refractivity contribution in [2.24, 2.45) is 0 Å². The van der Waals surface area contributed by atoms with Crippen molar-refractivity contribution in [1.29, 1.82) is 0 Å². The van der Waals surface area contributed by atoms with Crippen LogP contribution in [0.4, 0.5) is 4.79 Å². The van der Waals surface area contributed by atoms with Crippen molar-refractivity contribution < 1.29 is 14.3 Å². The Bertz CT molecular complexity index is 718. The summed E-state index contributed by atoms with van der Waals surface area (Å²) in [5.41, 5.74) is 0.128. The number of hydrogen-bond acceptors (Lipinski definition) is 5. The molecule has 0 radical (unpaired) electrons. The number of hydrogen-bond donors (Lipinski definition) is 1. The second-order valence-electron chi connectivity index (χ2n) is 4.37. The lowest BCUT2D eigenvalue weighted by Gasteiger charge is -2.10. The minimum atomic E-state index is -0.528. The maximum absolute atomic E-state index is 12.2. The number of para-hydroxylation sites is 1. The van der Waals surface area contributed by atoms with Crippen LogP contribution in [-0.2, 0) is 4.74 Å². The van der Waals surface area contributed by atoms with Crippen LogP contribution in [0, 0.1) is 0 Å². The lowest BCUT2D eigenvalue weighted by atomic mass is 10.3. The molecule has 0 aliphatic rings. The van der Waals surface area contributed by atoms with Crippen molar-refractivity contribution in [3.63, 3.8) is 0 Å². The predicted molar refractivity (Wildman–Crippen MR) is 85.4 cm³/mol.